The van der Waals surface area contributed by atoms with Gasteiger partial charge in [-0.25, -0.2) is 14.8 Å². The van der Waals surface area contributed by atoms with Crippen molar-refractivity contribution in [2.24, 2.45) is 37.9 Å². The summed E-state index contributed by atoms with van der Waals surface area (Å²) < 4.78 is 6.08. The lowest BCUT2D eigenvalue weighted by atomic mass is 9.83. The molecule has 0 spiro atoms. The molecule has 1 fully saturated rings. The van der Waals surface area contributed by atoms with E-state index < -0.39 is 0 Å². The molecular weight excluding hydrogens is 552 g/mol. The van der Waals surface area contributed by atoms with E-state index in [0.29, 0.717) is 17.1 Å². The van der Waals surface area contributed by atoms with Crippen LogP contribution in [-0.2, 0) is 6.54 Å². The van der Waals surface area contributed by atoms with Gasteiger partial charge in [-0.2, -0.15) is 5.10 Å². The van der Waals surface area contributed by atoms with E-state index in [0.717, 1.165) is 54.0 Å². The van der Waals surface area contributed by atoms with Crippen molar-refractivity contribution in [1.82, 2.24) is 5.01 Å². The van der Waals surface area contributed by atoms with E-state index in [1.54, 1.807) is 22.0 Å². The minimum atomic E-state index is -0.259. The van der Waals surface area contributed by atoms with E-state index in [1.165, 1.54) is 6.42 Å². The number of aliphatic imine (C=N–C) groups is 1. The van der Waals surface area contributed by atoms with Crippen LogP contribution in [0.2, 0.25) is 0 Å². The lowest BCUT2D eigenvalue weighted by Gasteiger charge is -2.27. The fourth-order valence-corrected chi connectivity index (χ4v) is 5.76. The summed E-state index contributed by atoms with van der Waals surface area (Å²) in [5.74, 6) is 6.73. The highest BCUT2D eigenvalue weighted by molar-refractivity contribution is 6.13. The summed E-state index contributed by atoms with van der Waals surface area (Å²) in [6, 6.07) is 32.4. The molecule has 44 heavy (non-hydrogen) atoms. The van der Waals surface area contributed by atoms with Gasteiger partial charge in [0.1, 0.15) is 11.5 Å². The Labute approximate surface area is 256 Å². The van der Waals surface area contributed by atoms with Crippen LogP contribution in [0.25, 0.3) is 0 Å². The second kappa shape index (κ2) is 13.2. The van der Waals surface area contributed by atoms with Crippen LogP contribution < -0.4 is 21.2 Å². The highest BCUT2D eigenvalue weighted by atomic mass is 16.5. The molecule has 0 atom stereocenters. The summed E-state index contributed by atoms with van der Waals surface area (Å²) in [6.45, 7) is 0.272. The van der Waals surface area contributed by atoms with Gasteiger partial charge in [0.05, 0.1) is 29.3 Å². The number of benzene rings is 4. The number of guanidine groups is 1. The number of rotatable bonds is 7. The average Bonchev–Trinajstić information content (AvgIpc) is 3.17. The predicted octanol–water partition coefficient (Wildman–Crippen LogP) is 7.81. The zero-order chi connectivity index (χ0) is 30.3. The molecule has 4 aromatic carbocycles. The molecule has 0 bridgehead atoms. The van der Waals surface area contributed by atoms with Crippen molar-refractivity contribution in [3.8, 4) is 11.5 Å². The topological polar surface area (TPSA) is 134 Å². The first-order valence-corrected chi connectivity index (χ1v) is 14.8. The maximum atomic E-state index is 14.5. The number of urea groups is 1. The number of ether oxygens (including phenoxy) is 1. The van der Waals surface area contributed by atoms with Gasteiger partial charge < -0.3 is 16.3 Å². The Morgan fingerprint density at radius 2 is 1.59 bits per heavy atom. The Hall–Kier alpha value is -5.51. The lowest BCUT2D eigenvalue weighted by Crippen LogP contribution is -2.36. The van der Waals surface area contributed by atoms with Gasteiger partial charge in [0.25, 0.3) is 0 Å². The van der Waals surface area contributed by atoms with Crippen LogP contribution in [0.3, 0.4) is 0 Å². The summed E-state index contributed by atoms with van der Waals surface area (Å²) in [5, 5.41) is 13.4. The van der Waals surface area contributed by atoms with Crippen molar-refractivity contribution in [1.29, 1.82) is 0 Å². The van der Waals surface area contributed by atoms with E-state index in [-0.39, 0.29) is 24.5 Å². The van der Waals surface area contributed by atoms with Crippen molar-refractivity contribution < 1.29 is 9.53 Å². The predicted molar refractivity (Wildman–Crippen MR) is 172 cm³/mol. The Balaban J connectivity index is 1.39. The third kappa shape index (κ3) is 6.44. The second-order valence-electron chi connectivity index (χ2n) is 10.8. The van der Waals surface area contributed by atoms with Crippen LogP contribution in [0.1, 0.15) is 43.2 Å². The Morgan fingerprint density at radius 3 is 2.36 bits per heavy atom. The number of amides is 2. The smallest absolute Gasteiger partial charge is 0.349 e. The first kappa shape index (κ1) is 28.6. The molecule has 1 heterocycles. The second-order valence-corrected chi connectivity index (χ2v) is 10.8. The van der Waals surface area contributed by atoms with Crippen LogP contribution in [0.4, 0.5) is 21.9 Å². The number of hydrogen-bond donors (Lipinski definition) is 2. The molecule has 1 saturated carbocycles. The molecule has 0 unspecified atom stereocenters. The molecule has 10 nitrogen and oxygen atoms in total. The summed E-state index contributed by atoms with van der Waals surface area (Å²) in [4.78, 5) is 20.4. The minimum absolute atomic E-state index is 0.0633. The van der Waals surface area contributed by atoms with Gasteiger partial charge in [0.2, 0.25) is 5.96 Å². The lowest BCUT2D eigenvalue weighted by molar-refractivity contribution is 0.207. The number of carbonyl (C=O) groups is 1. The highest BCUT2D eigenvalue weighted by Crippen LogP contribution is 2.38. The van der Waals surface area contributed by atoms with E-state index in [4.69, 9.17) is 21.4 Å². The van der Waals surface area contributed by atoms with Crippen molar-refractivity contribution in [2.45, 2.75) is 38.6 Å². The molecule has 1 aliphatic carbocycles. The Morgan fingerprint density at radius 1 is 0.864 bits per heavy atom. The first-order valence-electron chi connectivity index (χ1n) is 14.8. The minimum Gasteiger partial charge on any atom is -0.457 e. The molecule has 222 valence electrons. The SMILES string of the molecule is NN=NC(N)=Nc1ccc(N2C(=O)N(Cc3cccc(Oc4ccccc4)c3)N=C(C3CCCCC3)c3ccccc32)cc1. The Bertz CT molecular complexity index is 1700. The van der Waals surface area contributed by atoms with Gasteiger partial charge in [-0.3, -0.25) is 4.90 Å². The van der Waals surface area contributed by atoms with Gasteiger partial charge in [-0.1, -0.05) is 78.1 Å². The summed E-state index contributed by atoms with van der Waals surface area (Å²) >= 11 is 0. The van der Waals surface area contributed by atoms with E-state index in [9.17, 15) is 4.79 Å². The van der Waals surface area contributed by atoms with E-state index in [2.05, 4.69) is 21.4 Å². The van der Waals surface area contributed by atoms with Crippen LogP contribution in [0.5, 0.6) is 11.5 Å². The molecule has 0 aromatic heterocycles. The molecule has 4 aromatic rings. The monoisotopic (exact) mass is 586 g/mol. The zero-order valence-electron chi connectivity index (χ0n) is 24.3. The van der Waals surface area contributed by atoms with Crippen LogP contribution in [-0.4, -0.2) is 22.7 Å². The van der Waals surface area contributed by atoms with Gasteiger partial charge in [0, 0.05) is 11.5 Å². The number of nitrogens with two attached hydrogens (primary N) is 2. The third-order valence-electron chi connectivity index (χ3n) is 7.77. The third-order valence-corrected chi connectivity index (χ3v) is 7.77. The number of para-hydroxylation sites is 2. The maximum absolute atomic E-state index is 14.5. The molecule has 0 radical (unpaired) electrons. The largest absolute Gasteiger partial charge is 0.457 e. The van der Waals surface area contributed by atoms with Crippen molar-refractivity contribution >= 4 is 34.8 Å². The Kier molecular flexibility index (Phi) is 8.58. The normalized spacial score (nSPS) is 16.0. The molecule has 1 aliphatic heterocycles. The number of carbonyl (C=O) groups excluding carboxylic acids is 1. The summed E-state index contributed by atoms with van der Waals surface area (Å²) in [6.07, 6.45) is 5.61. The number of fused-ring (bicyclic) bond motifs is 1. The molecule has 0 saturated heterocycles. The number of hydrogen-bond acceptors (Lipinski definition) is 5. The van der Waals surface area contributed by atoms with Gasteiger partial charge in [0.15, 0.2) is 0 Å². The van der Waals surface area contributed by atoms with Crippen molar-refractivity contribution in [3.05, 3.63) is 114 Å². The summed E-state index contributed by atoms with van der Waals surface area (Å²) in [5.41, 5.74) is 10.6. The van der Waals surface area contributed by atoms with Gasteiger partial charge in [-0.05, 0) is 73.0 Å². The molecule has 4 N–H and O–H groups in total. The molecular formula is C34H34N8O2. The fourth-order valence-electron chi connectivity index (χ4n) is 5.76. The van der Waals surface area contributed by atoms with Crippen molar-refractivity contribution in [3.63, 3.8) is 0 Å². The van der Waals surface area contributed by atoms with Crippen molar-refractivity contribution in [2.75, 3.05) is 4.90 Å². The van der Waals surface area contributed by atoms with Crippen LogP contribution >= 0.6 is 0 Å². The number of nitrogens with zero attached hydrogens (tertiary/aromatic N) is 6. The quantitative estimate of drug-likeness (QED) is 0.0751. The standard InChI is InChI=1S/C34H34N8O2/c35-33(38-40-36)37-26-18-20-27(21-19-26)42-31-17-8-7-16-30(31)32(25-11-3-1-4-12-25)39-41(34(42)43)23-24-10-9-15-29(22-24)44-28-13-5-2-6-14-28/h2,5-10,13-22,25H,1,3-4,11-12,23H2,(H4,35,36,37,38). The number of anilines is 2. The molecule has 2 amide bonds. The molecule has 2 aliphatic rings. The average molecular weight is 587 g/mol. The molecule has 6 rings (SSSR count). The van der Waals surface area contributed by atoms with E-state index >= 15 is 0 Å². The maximum Gasteiger partial charge on any atom is 0.349 e. The fraction of sp³-hybridized carbons (Fsp3) is 0.206. The number of hydrazone groups is 1. The van der Waals surface area contributed by atoms with Gasteiger partial charge in [-0.15, -0.1) is 0 Å². The van der Waals surface area contributed by atoms with E-state index in [1.807, 2.05) is 84.9 Å². The highest BCUT2D eigenvalue weighted by Gasteiger charge is 2.34. The van der Waals surface area contributed by atoms with Crippen LogP contribution in [0.15, 0.2) is 124 Å². The molecule has 10 heteroatoms. The van der Waals surface area contributed by atoms with Crippen LogP contribution in [0, 0.1) is 5.92 Å². The first-order chi connectivity index (χ1) is 21.6. The van der Waals surface area contributed by atoms with Gasteiger partial charge >= 0.3 is 6.03 Å². The zero-order valence-corrected chi connectivity index (χ0v) is 24.3. The summed E-state index contributed by atoms with van der Waals surface area (Å²) in [7, 11) is 0.